The van der Waals surface area contributed by atoms with Crippen LogP contribution < -0.4 is 4.72 Å². The van der Waals surface area contributed by atoms with Crippen molar-refractivity contribution in [3.8, 4) is 5.75 Å². The third-order valence-corrected chi connectivity index (χ3v) is 4.47. The van der Waals surface area contributed by atoms with Crippen LogP contribution in [0.5, 0.6) is 5.75 Å². The molecule has 106 valence electrons. The fraction of sp³-hybridized carbons (Fsp3) is 0.0769. The molecule has 4 nitrogen and oxygen atoms in total. The number of phenols is 1. The first kappa shape index (κ1) is 14.6. The van der Waals surface area contributed by atoms with Crippen molar-refractivity contribution in [1.29, 1.82) is 0 Å². The molecule has 7 heteroatoms. The molecule has 0 radical (unpaired) electrons. The molecule has 20 heavy (non-hydrogen) atoms. The van der Waals surface area contributed by atoms with E-state index in [-0.39, 0.29) is 15.6 Å². The maximum absolute atomic E-state index is 13.2. The van der Waals surface area contributed by atoms with Crippen LogP contribution in [0.15, 0.2) is 41.3 Å². The van der Waals surface area contributed by atoms with E-state index >= 15 is 0 Å². The molecule has 0 bridgehead atoms. The first-order valence-corrected chi connectivity index (χ1v) is 7.44. The molecule has 0 aliphatic carbocycles. The summed E-state index contributed by atoms with van der Waals surface area (Å²) in [6.45, 7) is 1.63. The van der Waals surface area contributed by atoms with Crippen LogP contribution in [0, 0.1) is 12.7 Å². The molecule has 0 saturated heterocycles. The van der Waals surface area contributed by atoms with Crippen LogP contribution in [0.4, 0.5) is 10.1 Å². The van der Waals surface area contributed by atoms with Crippen LogP contribution in [-0.4, -0.2) is 13.5 Å². The summed E-state index contributed by atoms with van der Waals surface area (Å²) in [6, 6.07) is 8.06. The molecule has 0 fully saturated rings. The molecule has 0 atom stereocenters. The fourth-order valence-electron chi connectivity index (χ4n) is 1.70. The Morgan fingerprint density at radius 2 is 1.90 bits per heavy atom. The van der Waals surface area contributed by atoms with Gasteiger partial charge in [-0.3, -0.25) is 4.72 Å². The van der Waals surface area contributed by atoms with E-state index < -0.39 is 21.6 Å². The van der Waals surface area contributed by atoms with Crippen molar-refractivity contribution in [2.24, 2.45) is 0 Å². The van der Waals surface area contributed by atoms with Gasteiger partial charge < -0.3 is 5.11 Å². The van der Waals surface area contributed by atoms with E-state index in [0.29, 0.717) is 5.56 Å². The molecule has 0 aromatic heterocycles. The topological polar surface area (TPSA) is 66.4 Å². The number of sulfonamides is 1. The molecule has 0 heterocycles. The Bertz CT molecular complexity index is 762. The molecule has 0 aliphatic heterocycles. The highest BCUT2D eigenvalue weighted by Gasteiger charge is 2.19. The highest BCUT2D eigenvalue weighted by Crippen LogP contribution is 2.34. The first-order valence-electron chi connectivity index (χ1n) is 5.58. The number of aromatic hydroxyl groups is 1. The Morgan fingerprint density at radius 1 is 1.25 bits per heavy atom. The number of nitrogens with one attached hydrogen (secondary N) is 1. The summed E-state index contributed by atoms with van der Waals surface area (Å²) in [6.07, 6.45) is 0. The predicted octanol–water partition coefficient (Wildman–Crippen LogP) is 3.29. The number of benzene rings is 2. The maximum atomic E-state index is 13.2. The second kappa shape index (κ2) is 5.30. The number of anilines is 1. The molecule has 0 amide bonds. The Hall–Kier alpha value is -1.79. The normalized spacial score (nSPS) is 11.3. The summed E-state index contributed by atoms with van der Waals surface area (Å²) in [5, 5.41) is 9.41. The summed E-state index contributed by atoms with van der Waals surface area (Å²) in [5.41, 5.74) is 0.222. The van der Waals surface area contributed by atoms with Gasteiger partial charge in [-0.1, -0.05) is 29.8 Å². The van der Waals surface area contributed by atoms with E-state index in [1.165, 1.54) is 6.07 Å². The monoisotopic (exact) mass is 315 g/mol. The van der Waals surface area contributed by atoms with Crippen molar-refractivity contribution in [3.63, 3.8) is 0 Å². The van der Waals surface area contributed by atoms with Gasteiger partial charge in [0.25, 0.3) is 10.0 Å². The molecular formula is C13H11ClFNO3S. The minimum atomic E-state index is -3.94. The number of phenolic OH excluding ortho intramolecular Hbond substituents is 1. The van der Waals surface area contributed by atoms with Crippen LogP contribution in [-0.2, 0) is 10.0 Å². The van der Waals surface area contributed by atoms with Crippen LogP contribution >= 0.6 is 11.6 Å². The van der Waals surface area contributed by atoms with Crippen LogP contribution in [0.2, 0.25) is 5.02 Å². The minimum absolute atomic E-state index is 0.0415. The van der Waals surface area contributed by atoms with Crippen molar-refractivity contribution in [1.82, 2.24) is 0 Å². The van der Waals surface area contributed by atoms with Crippen molar-refractivity contribution < 1.29 is 17.9 Å². The second-order valence-corrected chi connectivity index (χ2v) is 6.21. The summed E-state index contributed by atoms with van der Waals surface area (Å²) in [4.78, 5) is 0.0415. The van der Waals surface area contributed by atoms with Crippen LogP contribution in [0.1, 0.15) is 5.56 Å². The quantitative estimate of drug-likeness (QED) is 0.854. The number of rotatable bonds is 3. The van der Waals surface area contributed by atoms with Gasteiger partial charge in [-0.25, -0.2) is 12.8 Å². The molecule has 0 saturated carbocycles. The SMILES string of the molecule is Cc1ccccc1S(=O)(=O)Nc1cc(F)cc(Cl)c1O. The van der Waals surface area contributed by atoms with Crippen molar-refractivity contribution >= 4 is 27.3 Å². The third-order valence-electron chi connectivity index (χ3n) is 2.66. The maximum Gasteiger partial charge on any atom is 0.262 e. The zero-order chi connectivity index (χ0) is 14.9. The molecular weight excluding hydrogens is 305 g/mol. The van der Waals surface area contributed by atoms with E-state index in [1.54, 1.807) is 25.1 Å². The molecule has 2 N–H and O–H groups in total. The highest BCUT2D eigenvalue weighted by atomic mass is 35.5. The molecule has 0 unspecified atom stereocenters. The van der Waals surface area contributed by atoms with Crippen LogP contribution in [0.25, 0.3) is 0 Å². The van der Waals surface area contributed by atoms with E-state index in [0.717, 1.165) is 12.1 Å². The van der Waals surface area contributed by atoms with E-state index in [2.05, 4.69) is 4.72 Å². The van der Waals surface area contributed by atoms with Gasteiger partial charge in [-0.2, -0.15) is 0 Å². The lowest BCUT2D eigenvalue weighted by molar-refractivity contribution is 0.476. The zero-order valence-corrected chi connectivity index (χ0v) is 12.0. The van der Waals surface area contributed by atoms with Gasteiger partial charge in [0.05, 0.1) is 15.6 Å². The standard InChI is InChI=1S/C13H11ClFNO3S/c1-8-4-2-3-5-12(8)20(18,19)16-11-7-9(15)6-10(14)13(11)17/h2-7,16-17H,1H3. The van der Waals surface area contributed by atoms with Gasteiger partial charge in [0.2, 0.25) is 0 Å². The first-order chi connectivity index (χ1) is 9.31. The smallest absolute Gasteiger partial charge is 0.262 e. The Morgan fingerprint density at radius 3 is 2.55 bits per heavy atom. The average molecular weight is 316 g/mol. The lowest BCUT2D eigenvalue weighted by Gasteiger charge is -2.12. The zero-order valence-electron chi connectivity index (χ0n) is 10.4. The molecule has 2 aromatic carbocycles. The third kappa shape index (κ3) is 2.86. The molecule has 0 spiro atoms. The lowest BCUT2D eigenvalue weighted by atomic mass is 10.2. The number of hydrogen-bond acceptors (Lipinski definition) is 3. The molecule has 2 aromatic rings. The molecule has 0 aliphatic rings. The summed E-state index contributed by atoms with van der Waals surface area (Å²) in [5.74, 6) is -1.28. The van der Waals surface area contributed by atoms with Gasteiger partial charge in [0.15, 0.2) is 5.75 Å². The van der Waals surface area contributed by atoms with Gasteiger partial charge in [0, 0.05) is 6.07 Å². The lowest BCUT2D eigenvalue weighted by Crippen LogP contribution is -2.14. The number of halogens is 2. The minimum Gasteiger partial charge on any atom is -0.504 e. The van der Waals surface area contributed by atoms with Crippen LogP contribution in [0.3, 0.4) is 0 Å². The number of aryl methyl sites for hydroxylation is 1. The van der Waals surface area contributed by atoms with E-state index in [4.69, 9.17) is 11.6 Å². The second-order valence-electron chi connectivity index (χ2n) is 4.15. The highest BCUT2D eigenvalue weighted by molar-refractivity contribution is 7.92. The summed E-state index contributed by atoms with van der Waals surface area (Å²) in [7, 11) is -3.94. The van der Waals surface area contributed by atoms with E-state index in [9.17, 15) is 17.9 Å². The average Bonchev–Trinajstić information content (AvgIpc) is 2.35. The largest absolute Gasteiger partial charge is 0.504 e. The van der Waals surface area contributed by atoms with Crippen molar-refractivity contribution in [2.75, 3.05) is 4.72 Å². The molecule has 2 rings (SSSR count). The summed E-state index contributed by atoms with van der Waals surface area (Å²) < 4.78 is 39.8. The van der Waals surface area contributed by atoms with E-state index in [1.807, 2.05) is 0 Å². The Kier molecular flexibility index (Phi) is 3.87. The Labute approximate surface area is 120 Å². The fourth-order valence-corrected chi connectivity index (χ4v) is 3.21. The number of hydrogen-bond donors (Lipinski definition) is 2. The Balaban J connectivity index is 2.47. The van der Waals surface area contributed by atoms with Gasteiger partial charge >= 0.3 is 0 Å². The summed E-state index contributed by atoms with van der Waals surface area (Å²) >= 11 is 5.60. The van der Waals surface area contributed by atoms with Gasteiger partial charge in [-0.05, 0) is 24.6 Å². The van der Waals surface area contributed by atoms with Crippen molar-refractivity contribution in [3.05, 3.63) is 52.8 Å². The van der Waals surface area contributed by atoms with Gasteiger partial charge in [0.1, 0.15) is 5.82 Å². The van der Waals surface area contributed by atoms with Gasteiger partial charge in [-0.15, -0.1) is 0 Å². The predicted molar refractivity (Wildman–Crippen MR) is 75.1 cm³/mol. The van der Waals surface area contributed by atoms with Crippen molar-refractivity contribution in [2.45, 2.75) is 11.8 Å².